The van der Waals surface area contributed by atoms with E-state index in [1.807, 2.05) is 0 Å². The first-order valence-electron chi connectivity index (χ1n) is 8.14. The van der Waals surface area contributed by atoms with Gasteiger partial charge in [0.25, 0.3) is 5.91 Å². The highest BCUT2D eigenvalue weighted by Crippen LogP contribution is 2.29. The highest BCUT2D eigenvalue weighted by Gasteiger charge is 2.20. The van der Waals surface area contributed by atoms with Crippen molar-refractivity contribution in [3.63, 3.8) is 0 Å². The highest BCUT2D eigenvalue weighted by atomic mass is 32.2. The zero-order valence-corrected chi connectivity index (χ0v) is 16.6. The minimum atomic E-state index is -3.88. The van der Waals surface area contributed by atoms with E-state index in [1.165, 1.54) is 27.3 Å². The molecule has 0 aromatic heterocycles. The van der Waals surface area contributed by atoms with Crippen molar-refractivity contribution in [2.75, 3.05) is 33.2 Å². The SMILES string of the molecule is CNS(=O)(=O)c1ccc(F)c(C(=O)OCC(=O)Nc2ccc(OC)c(OC)c2)c1. The number of esters is 1. The number of methoxy groups -OCH3 is 2. The van der Waals surface area contributed by atoms with Crippen molar-refractivity contribution in [3.05, 3.63) is 47.8 Å². The molecule has 0 unspecified atom stereocenters. The molecular formula is C18H19FN2O7S. The van der Waals surface area contributed by atoms with Gasteiger partial charge < -0.3 is 19.5 Å². The third-order valence-electron chi connectivity index (χ3n) is 3.74. The molecule has 0 spiro atoms. The standard InChI is InChI=1S/C18H19FN2O7S/c1-20-29(24,25)12-5-6-14(19)13(9-12)18(23)28-10-17(22)21-11-4-7-15(26-2)16(8-11)27-3/h4-9,20H,10H2,1-3H3,(H,21,22). The smallest absolute Gasteiger partial charge is 0.341 e. The molecule has 2 aromatic rings. The second-order valence-corrected chi connectivity index (χ2v) is 7.43. The number of rotatable bonds is 8. The Labute approximate surface area is 166 Å². The first kappa shape index (κ1) is 22.1. The van der Waals surface area contributed by atoms with Crippen molar-refractivity contribution in [2.45, 2.75) is 4.90 Å². The van der Waals surface area contributed by atoms with Crippen LogP contribution in [0.3, 0.4) is 0 Å². The number of ether oxygens (including phenoxy) is 3. The molecule has 0 saturated heterocycles. The van der Waals surface area contributed by atoms with Crippen molar-refractivity contribution in [3.8, 4) is 11.5 Å². The van der Waals surface area contributed by atoms with Crippen LogP contribution in [0.4, 0.5) is 10.1 Å². The Morgan fingerprint density at radius 3 is 2.34 bits per heavy atom. The lowest BCUT2D eigenvalue weighted by Crippen LogP contribution is -2.22. The lowest BCUT2D eigenvalue weighted by molar-refractivity contribution is -0.119. The number of carbonyl (C=O) groups is 2. The van der Waals surface area contributed by atoms with Crippen molar-refractivity contribution in [1.29, 1.82) is 0 Å². The van der Waals surface area contributed by atoms with Crippen LogP contribution in [0.5, 0.6) is 11.5 Å². The Hall–Kier alpha value is -3.18. The van der Waals surface area contributed by atoms with Gasteiger partial charge in [-0.1, -0.05) is 0 Å². The summed E-state index contributed by atoms with van der Waals surface area (Å²) in [6.45, 7) is -0.713. The molecule has 0 atom stereocenters. The first-order valence-corrected chi connectivity index (χ1v) is 9.62. The Morgan fingerprint density at radius 2 is 1.72 bits per heavy atom. The lowest BCUT2D eigenvalue weighted by atomic mass is 10.2. The van der Waals surface area contributed by atoms with Crippen LogP contribution in [0.15, 0.2) is 41.3 Å². The summed E-state index contributed by atoms with van der Waals surface area (Å²) in [7, 11) is 0.191. The topological polar surface area (TPSA) is 120 Å². The number of anilines is 1. The maximum Gasteiger partial charge on any atom is 0.341 e. The number of hydrogen-bond donors (Lipinski definition) is 2. The van der Waals surface area contributed by atoms with Gasteiger partial charge >= 0.3 is 5.97 Å². The Morgan fingerprint density at radius 1 is 1.03 bits per heavy atom. The molecule has 11 heteroatoms. The number of halogens is 1. The van der Waals surface area contributed by atoms with Crippen LogP contribution >= 0.6 is 0 Å². The van der Waals surface area contributed by atoms with Crippen molar-refractivity contribution < 1.29 is 36.6 Å². The van der Waals surface area contributed by atoms with Crippen molar-refractivity contribution >= 4 is 27.6 Å². The number of sulfonamides is 1. The molecule has 0 saturated carbocycles. The summed E-state index contributed by atoms with van der Waals surface area (Å²) in [5.41, 5.74) is -0.253. The van der Waals surface area contributed by atoms with E-state index in [-0.39, 0.29) is 4.90 Å². The summed E-state index contributed by atoms with van der Waals surface area (Å²) in [6, 6.07) is 7.28. The summed E-state index contributed by atoms with van der Waals surface area (Å²) < 4.78 is 54.5. The van der Waals surface area contributed by atoms with Crippen LogP contribution < -0.4 is 19.5 Å². The van der Waals surface area contributed by atoms with Crippen LogP contribution in [-0.2, 0) is 19.6 Å². The molecule has 2 rings (SSSR count). The quantitative estimate of drug-likeness (QED) is 0.615. The molecular weight excluding hydrogens is 407 g/mol. The summed E-state index contributed by atoms with van der Waals surface area (Å²) in [5, 5.41) is 2.48. The fourth-order valence-electron chi connectivity index (χ4n) is 2.27. The lowest BCUT2D eigenvalue weighted by Gasteiger charge is -2.11. The van der Waals surface area contributed by atoms with Crippen LogP contribution in [0.2, 0.25) is 0 Å². The zero-order valence-electron chi connectivity index (χ0n) is 15.8. The van der Waals surface area contributed by atoms with Gasteiger partial charge in [-0.25, -0.2) is 22.3 Å². The van der Waals surface area contributed by atoms with Crippen molar-refractivity contribution in [1.82, 2.24) is 4.72 Å². The van der Waals surface area contributed by atoms with Gasteiger partial charge in [-0.05, 0) is 37.4 Å². The number of hydrogen-bond acceptors (Lipinski definition) is 7. The van der Waals surface area contributed by atoms with Gasteiger partial charge in [0.2, 0.25) is 10.0 Å². The zero-order chi connectivity index (χ0) is 21.6. The van der Waals surface area contributed by atoms with Crippen LogP contribution in [0.1, 0.15) is 10.4 Å². The second kappa shape index (κ2) is 9.34. The van der Waals surface area contributed by atoms with Gasteiger partial charge in [-0.15, -0.1) is 0 Å². The Bertz CT molecular complexity index is 1020. The summed E-state index contributed by atoms with van der Waals surface area (Å²) >= 11 is 0. The monoisotopic (exact) mass is 426 g/mol. The molecule has 2 aromatic carbocycles. The maximum absolute atomic E-state index is 13.9. The predicted molar refractivity (Wildman–Crippen MR) is 101 cm³/mol. The molecule has 1 amide bonds. The van der Waals surface area contributed by atoms with Crippen LogP contribution in [0, 0.1) is 5.82 Å². The molecule has 0 fully saturated rings. The molecule has 2 N–H and O–H groups in total. The Balaban J connectivity index is 2.06. The van der Waals surface area contributed by atoms with E-state index in [4.69, 9.17) is 14.2 Å². The van der Waals surface area contributed by atoms with Gasteiger partial charge in [-0.2, -0.15) is 0 Å². The maximum atomic E-state index is 13.9. The first-order chi connectivity index (χ1) is 13.7. The third kappa shape index (κ3) is 5.42. The molecule has 0 radical (unpaired) electrons. The molecule has 0 aliphatic rings. The number of benzene rings is 2. The van der Waals surface area contributed by atoms with Gasteiger partial charge in [-0.3, -0.25) is 4.79 Å². The van der Waals surface area contributed by atoms with E-state index in [0.717, 1.165) is 18.2 Å². The summed E-state index contributed by atoms with van der Waals surface area (Å²) in [4.78, 5) is 23.8. The van der Waals surface area contributed by atoms with Gasteiger partial charge in [0, 0.05) is 11.8 Å². The molecule has 0 heterocycles. The number of amides is 1. The average Bonchev–Trinajstić information content (AvgIpc) is 2.72. The van der Waals surface area contributed by atoms with Crippen molar-refractivity contribution in [2.24, 2.45) is 0 Å². The fraction of sp³-hybridized carbons (Fsp3) is 0.222. The van der Waals surface area contributed by atoms with E-state index >= 15 is 0 Å². The number of nitrogens with one attached hydrogen (secondary N) is 2. The normalized spacial score (nSPS) is 10.9. The molecule has 0 bridgehead atoms. The third-order valence-corrected chi connectivity index (χ3v) is 5.15. The van der Waals surface area contributed by atoms with E-state index < -0.39 is 39.9 Å². The van der Waals surface area contributed by atoms with Gasteiger partial charge in [0.05, 0.1) is 24.7 Å². The summed E-state index contributed by atoms with van der Waals surface area (Å²) in [6.07, 6.45) is 0. The molecule has 0 aliphatic heterocycles. The van der Waals surface area contributed by atoms with Gasteiger partial charge in [0.1, 0.15) is 5.82 Å². The largest absolute Gasteiger partial charge is 0.493 e. The molecule has 156 valence electrons. The molecule has 0 aliphatic carbocycles. The number of carbonyl (C=O) groups excluding carboxylic acids is 2. The van der Waals surface area contributed by atoms with Crippen LogP contribution in [0.25, 0.3) is 0 Å². The van der Waals surface area contributed by atoms with Crippen LogP contribution in [-0.4, -0.2) is 48.2 Å². The van der Waals surface area contributed by atoms with E-state index in [9.17, 15) is 22.4 Å². The predicted octanol–water partition coefficient (Wildman–Crippen LogP) is 1.55. The van der Waals surface area contributed by atoms with E-state index in [0.29, 0.717) is 17.2 Å². The minimum absolute atomic E-state index is 0.317. The fourth-order valence-corrected chi connectivity index (χ4v) is 3.02. The van der Waals surface area contributed by atoms with E-state index in [1.54, 1.807) is 12.1 Å². The Kier molecular flexibility index (Phi) is 7.13. The molecule has 29 heavy (non-hydrogen) atoms. The minimum Gasteiger partial charge on any atom is -0.493 e. The van der Waals surface area contributed by atoms with Gasteiger partial charge in [0.15, 0.2) is 18.1 Å². The average molecular weight is 426 g/mol. The molecule has 9 nitrogen and oxygen atoms in total. The summed E-state index contributed by atoms with van der Waals surface area (Å²) in [5.74, 6) is -2.01. The van der Waals surface area contributed by atoms with E-state index in [2.05, 4.69) is 10.0 Å². The second-order valence-electron chi connectivity index (χ2n) is 5.54. The highest BCUT2D eigenvalue weighted by molar-refractivity contribution is 7.89.